The van der Waals surface area contributed by atoms with Gasteiger partial charge in [-0.05, 0) is 33.3 Å². The number of nitrogens with zero attached hydrogens (tertiary/aromatic N) is 4. The number of hydrogen-bond acceptors (Lipinski definition) is 5. The number of carbonyl (C=O) groups is 1. The lowest BCUT2D eigenvalue weighted by molar-refractivity contribution is 0.0524. The van der Waals surface area contributed by atoms with Gasteiger partial charge in [-0.25, -0.2) is 19.4 Å². The number of carbonyl (C=O) groups excluding carboxylic acids is 1. The van der Waals surface area contributed by atoms with Crippen LogP contribution in [0.2, 0.25) is 0 Å². The fraction of sp³-hybridized carbons (Fsp3) is 0.385. The summed E-state index contributed by atoms with van der Waals surface area (Å²) in [4.78, 5) is 20.1. The summed E-state index contributed by atoms with van der Waals surface area (Å²) in [6, 6.07) is 0. The first-order chi connectivity index (χ1) is 9.04. The Morgan fingerprint density at radius 3 is 2.58 bits per heavy atom. The van der Waals surface area contributed by atoms with Crippen LogP contribution in [0.5, 0.6) is 0 Å². The Bertz CT molecular complexity index is 619. The maximum absolute atomic E-state index is 11.7. The van der Waals surface area contributed by atoms with Crippen molar-refractivity contribution in [2.24, 2.45) is 0 Å². The minimum atomic E-state index is -0.403. The molecule has 0 spiro atoms. The van der Waals surface area contributed by atoms with Crippen molar-refractivity contribution < 1.29 is 9.53 Å². The molecule has 2 aromatic rings. The fourth-order valence-electron chi connectivity index (χ4n) is 1.66. The van der Waals surface area contributed by atoms with Gasteiger partial charge >= 0.3 is 5.97 Å². The van der Waals surface area contributed by atoms with E-state index < -0.39 is 5.97 Å². The van der Waals surface area contributed by atoms with Gasteiger partial charge in [0.1, 0.15) is 0 Å². The second-order valence-corrected chi connectivity index (χ2v) is 4.21. The molecule has 0 aliphatic carbocycles. The Morgan fingerprint density at radius 1 is 1.32 bits per heavy atom. The molecule has 2 heterocycles. The lowest BCUT2D eigenvalue weighted by Crippen LogP contribution is -2.12. The average molecular weight is 260 g/mol. The molecule has 6 nitrogen and oxygen atoms in total. The van der Waals surface area contributed by atoms with E-state index in [4.69, 9.17) is 4.74 Å². The first kappa shape index (κ1) is 13.2. The molecule has 0 saturated heterocycles. The molecular formula is C13H16N4O2. The first-order valence-electron chi connectivity index (χ1n) is 6.07. The van der Waals surface area contributed by atoms with E-state index in [1.165, 1.54) is 6.20 Å². The van der Waals surface area contributed by atoms with Crippen molar-refractivity contribution in [2.45, 2.75) is 27.7 Å². The van der Waals surface area contributed by atoms with E-state index in [0.29, 0.717) is 23.8 Å². The van der Waals surface area contributed by atoms with Crippen molar-refractivity contribution in [1.29, 1.82) is 0 Å². The highest BCUT2D eigenvalue weighted by molar-refractivity contribution is 5.90. The lowest BCUT2D eigenvalue weighted by atomic mass is 10.2. The van der Waals surface area contributed by atoms with Crippen LogP contribution in [0, 0.1) is 20.8 Å². The highest BCUT2D eigenvalue weighted by Gasteiger charge is 2.14. The fourth-order valence-corrected chi connectivity index (χ4v) is 1.66. The van der Waals surface area contributed by atoms with Gasteiger partial charge in [0.15, 0.2) is 0 Å². The molecule has 0 aliphatic rings. The Labute approximate surface area is 111 Å². The van der Waals surface area contributed by atoms with Gasteiger partial charge < -0.3 is 4.74 Å². The van der Waals surface area contributed by atoms with Crippen molar-refractivity contribution in [3.05, 3.63) is 34.9 Å². The van der Waals surface area contributed by atoms with Gasteiger partial charge in [-0.1, -0.05) is 0 Å². The molecule has 0 fully saturated rings. The number of ether oxygens (including phenoxy) is 1. The summed E-state index contributed by atoms with van der Waals surface area (Å²) >= 11 is 0. The predicted octanol–water partition coefficient (Wildman–Crippen LogP) is 1.76. The minimum absolute atomic E-state index is 0.331. The maximum Gasteiger partial charge on any atom is 0.341 e. The van der Waals surface area contributed by atoms with Crippen molar-refractivity contribution in [3.63, 3.8) is 0 Å². The summed E-state index contributed by atoms with van der Waals surface area (Å²) in [6.07, 6.45) is 3.24. The van der Waals surface area contributed by atoms with Crippen molar-refractivity contribution in [1.82, 2.24) is 19.7 Å². The van der Waals surface area contributed by atoms with Crippen LogP contribution >= 0.6 is 0 Å². The molecule has 0 aromatic carbocycles. The van der Waals surface area contributed by atoms with Gasteiger partial charge in [0.25, 0.3) is 5.95 Å². The summed E-state index contributed by atoms with van der Waals surface area (Å²) in [5.41, 5.74) is 3.00. The number of esters is 1. The van der Waals surface area contributed by atoms with Gasteiger partial charge in [0, 0.05) is 11.9 Å². The Kier molecular flexibility index (Phi) is 3.59. The molecule has 0 amide bonds. The van der Waals surface area contributed by atoms with Gasteiger partial charge in [0.05, 0.1) is 24.1 Å². The third-order valence-electron chi connectivity index (χ3n) is 2.91. The third-order valence-corrected chi connectivity index (χ3v) is 2.91. The molecule has 19 heavy (non-hydrogen) atoms. The summed E-state index contributed by atoms with van der Waals surface area (Å²) in [6.45, 7) is 7.76. The second kappa shape index (κ2) is 5.17. The van der Waals surface area contributed by atoms with Crippen LogP contribution < -0.4 is 0 Å². The smallest absolute Gasteiger partial charge is 0.341 e. The van der Waals surface area contributed by atoms with E-state index in [1.54, 1.807) is 24.7 Å². The average Bonchev–Trinajstić information content (AvgIpc) is 2.70. The van der Waals surface area contributed by atoms with E-state index in [1.807, 2.05) is 13.8 Å². The van der Waals surface area contributed by atoms with E-state index in [0.717, 1.165) is 11.3 Å². The van der Waals surface area contributed by atoms with Crippen molar-refractivity contribution >= 4 is 5.97 Å². The topological polar surface area (TPSA) is 69.9 Å². The van der Waals surface area contributed by atoms with Gasteiger partial charge in [-0.15, -0.1) is 0 Å². The Morgan fingerprint density at radius 2 is 2.05 bits per heavy atom. The normalized spacial score (nSPS) is 10.5. The number of aromatic nitrogens is 4. The molecule has 2 aromatic heterocycles. The summed E-state index contributed by atoms with van der Waals surface area (Å²) < 4.78 is 6.59. The van der Waals surface area contributed by atoms with Gasteiger partial charge in [-0.3, -0.25) is 0 Å². The van der Waals surface area contributed by atoms with Gasteiger partial charge in [-0.2, -0.15) is 5.10 Å². The predicted molar refractivity (Wildman–Crippen MR) is 69.3 cm³/mol. The Balaban J connectivity index is 2.39. The molecular weight excluding hydrogens is 244 g/mol. The molecule has 0 aliphatic heterocycles. The largest absolute Gasteiger partial charge is 0.462 e. The van der Waals surface area contributed by atoms with Crippen LogP contribution in [-0.2, 0) is 4.74 Å². The highest BCUT2D eigenvalue weighted by atomic mass is 16.5. The van der Waals surface area contributed by atoms with Crippen LogP contribution in [-0.4, -0.2) is 32.3 Å². The van der Waals surface area contributed by atoms with Gasteiger partial charge in [0.2, 0.25) is 0 Å². The van der Waals surface area contributed by atoms with E-state index in [9.17, 15) is 4.79 Å². The molecule has 0 unspecified atom stereocenters. The molecule has 6 heteroatoms. The number of aryl methyl sites for hydroxylation is 2. The lowest BCUT2D eigenvalue weighted by Gasteiger charge is -2.07. The zero-order valence-corrected chi connectivity index (χ0v) is 11.5. The number of hydrogen-bond donors (Lipinski definition) is 0. The van der Waals surface area contributed by atoms with Crippen molar-refractivity contribution in [3.8, 4) is 5.95 Å². The van der Waals surface area contributed by atoms with Crippen LogP contribution in [0.3, 0.4) is 0 Å². The molecule has 2 rings (SSSR count). The van der Waals surface area contributed by atoms with Crippen LogP contribution in [0.25, 0.3) is 5.95 Å². The van der Waals surface area contributed by atoms with Crippen LogP contribution in [0.15, 0.2) is 12.4 Å². The SMILES string of the molecule is CCOC(=O)c1cnc(-n2ncc(C)c2C)nc1C. The van der Waals surface area contributed by atoms with Crippen LogP contribution in [0.1, 0.15) is 34.2 Å². The number of rotatable bonds is 3. The van der Waals surface area contributed by atoms with E-state index in [-0.39, 0.29) is 0 Å². The quantitative estimate of drug-likeness (QED) is 0.786. The maximum atomic E-state index is 11.7. The van der Waals surface area contributed by atoms with Crippen molar-refractivity contribution in [2.75, 3.05) is 6.61 Å². The molecule has 100 valence electrons. The van der Waals surface area contributed by atoms with E-state index in [2.05, 4.69) is 15.1 Å². The second-order valence-electron chi connectivity index (χ2n) is 4.21. The van der Waals surface area contributed by atoms with Crippen LogP contribution in [0.4, 0.5) is 0 Å². The molecule has 0 saturated carbocycles. The summed E-state index contributed by atoms with van der Waals surface area (Å²) in [5.74, 6) is 0.0519. The molecule has 0 atom stereocenters. The minimum Gasteiger partial charge on any atom is -0.462 e. The third kappa shape index (κ3) is 2.47. The highest BCUT2D eigenvalue weighted by Crippen LogP contribution is 2.12. The molecule has 0 N–H and O–H groups in total. The summed E-state index contributed by atoms with van der Waals surface area (Å²) in [5, 5.41) is 4.21. The van der Waals surface area contributed by atoms with E-state index >= 15 is 0 Å². The summed E-state index contributed by atoms with van der Waals surface area (Å²) in [7, 11) is 0. The zero-order valence-electron chi connectivity index (χ0n) is 11.5. The molecule has 0 bridgehead atoms. The standard InChI is InChI=1S/C13H16N4O2/c1-5-19-12(18)11-7-14-13(16-9(11)3)17-10(4)8(2)6-15-17/h6-7H,5H2,1-4H3. The first-order valence-corrected chi connectivity index (χ1v) is 6.07. The molecule has 0 radical (unpaired) electrons. The zero-order chi connectivity index (χ0) is 14.0. The Hall–Kier alpha value is -2.24. The monoisotopic (exact) mass is 260 g/mol.